The number of rotatable bonds is 5. The van der Waals surface area contributed by atoms with Gasteiger partial charge in [-0.25, -0.2) is 0 Å². The predicted molar refractivity (Wildman–Crippen MR) is 120 cm³/mol. The van der Waals surface area contributed by atoms with Crippen molar-refractivity contribution in [2.45, 2.75) is 51.2 Å². The highest BCUT2D eigenvalue weighted by Gasteiger charge is 2.37. The maximum absolute atomic E-state index is 13.2. The predicted octanol–water partition coefficient (Wildman–Crippen LogP) is 1.84. The summed E-state index contributed by atoms with van der Waals surface area (Å²) in [6.45, 7) is 2.96. The van der Waals surface area contributed by atoms with Crippen LogP contribution in [0, 0.1) is 6.92 Å². The van der Waals surface area contributed by atoms with Crippen molar-refractivity contribution < 1.29 is 9.59 Å². The summed E-state index contributed by atoms with van der Waals surface area (Å²) in [5.41, 5.74) is 3.32. The average Bonchev–Trinajstić information content (AvgIpc) is 3.50. The monoisotopic (exact) mass is 433 g/mol. The topological polar surface area (TPSA) is 89.2 Å². The summed E-state index contributed by atoms with van der Waals surface area (Å²) in [6.07, 6.45) is 4.09. The molecule has 0 saturated heterocycles. The van der Waals surface area contributed by atoms with Gasteiger partial charge in [0.25, 0.3) is 5.56 Å². The molecule has 1 atom stereocenters. The van der Waals surface area contributed by atoms with E-state index in [2.05, 4.69) is 10.4 Å². The van der Waals surface area contributed by atoms with Crippen LogP contribution in [0.1, 0.15) is 42.0 Å². The molecule has 166 valence electrons. The van der Waals surface area contributed by atoms with Gasteiger partial charge in [-0.3, -0.25) is 19.1 Å². The highest BCUT2D eigenvalue weighted by molar-refractivity contribution is 5.86. The van der Waals surface area contributed by atoms with Gasteiger partial charge in [0, 0.05) is 62.4 Å². The third-order valence-electron chi connectivity index (χ3n) is 6.40. The molecule has 3 heterocycles. The number of hydrogen-bond acceptors (Lipinski definition) is 4. The fourth-order valence-corrected chi connectivity index (χ4v) is 4.57. The van der Waals surface area contributed by atoms with E-state index in [1.165, 1.54) is 0 Å². The molecule has 32 heavy (non-hydrogen) atoms. The van der Waals surface area contributed by atoms with E-state index in [1.54, 1.807) is 20.2 Å². The van der Waals surface area contributed by atoms with Crippen molar-refractivity contribution >= 4 is 22.7 Å². The average molecular weight is 434 g/mol. The van der Waals surface area contributed by atoms with Crippen LogP contribution >= 0.6 is 0 Å². The van der Waals surface area contributed by atoms with Crippen LogP contribution < -0.4 is 10.9 Å². The van der Waals surface area contributed by atoms with Gasteiger partial charge in [-0.15, -0.1) is 0 Å². The van der Waals surface area contributed by atoms with E-state index in [0.29, 0.717) is 19.6 Å². The van der Waals surface area contributed by atoms with Gasteiger partial charge in [-0.2, -0.15) is 5.10 Å². The molecule has 2 aliphatic rings. The summed E-state index contributed by atoms with van der Waals surface area (Å²) in [7, 11) is 1.83. The first kappa shape index (κ1) is 20.5. The number of pyridine rings is 1. The number of amides is 2. The zero-order valence-electron chi connectivity index (χ0n) is 18.4. The lowest BCUT2D eigenvalue weighted by molar-refractivity contribution is -0.134. The van der Waals surface area contributed by atoms with Crippen molar-refractivity contribution in [1.29, 1.82) is 0 Å². The van der Waals surface area contributed by atoms with Crippen molar-refractivity contribution in [2.75, 3.05) is 6.54 Å². The van der Waals surface area contributed by atoms with Gasteiger partial charge in [0.2, 0.25) is 11.8 Å². The molecule has 0 bridgehead atoms. The van der Waals surface area contributed by atoms with Gasteiger partial charge in [0.1, 0.15) is 0 Å². The van der Waals surface area contributed by atoms with E-state index in [0.717, 1.165) is 40.6 Å². The molecule has 1 aliphatic heterocycles. The lowest BCUT2D eigenvalue weighted by atomic mass is 9.95. The molecule has 0 unspecified atom stereocenters. The number of aromatic nitrogens is 3. The smallest absolute Gasteiger partial charge is 0.251 e. The fraction of sp³-hybridized carbons (Fsp3) is 0.417. The molecular weight excluding hydrogens is 406 g/mol. The van der Waals surface area contributed by atoms with E-state index in [-0.39, 0.29) is 29.8 Å². The Morgan fingerprint density at radius 1 is 1.22 bits per heavy atom. The van der Waals surface area contributed by atoms with Crippen molar-refractivity contribution in [3.63, 3.8) is 0 Å². The van der Waals surface area contributed by atoms with Crippen LogP contribution in [-0.4, -0.2) is 43.6 Å². The van der Waals surface area contributed by atoms with Crippen LogP contribution in [-0.2, 0) is 29.7 Å². The highest BCUT2D eigenvalue weighted by Crippen LogP contribution is 2.29. The first-order chi connectivity index (χ1) is 15.4. The van der Waals surface area contributed by atoms with Crippen LogP contribution in [0.2, 0.25) is 0 Å². The SMILES string of the molecule is Cc1cc(=O)n(CCC(=O)N2Cc3cn(C)nc3[C@H](C(=O)NC3CC3)C2)c2ccccc12. The highest BCUT2D eigenvalue weighted by atomic mass is 16.2. The standard InChI is InChI=1S/C24H27N5O3/c1-15-11-22(31)29(20-6-4-3-5-18(15)20)10-9-21(30)28-13-16-12-27(2)26-23(16)19(14-28)24(32)25-17-7-8-17/h3-6,11-12,17,19H,7-10,13-14H2,1-2H3,(H,25,32)/t19-/m1/s1. The minimum atomic E-state index is -0.465. The lowest BCUT2D eigenvalue weighted by Gasteiger charge is -2.31. The van der Waals surface area contributed by atoms with Gasteiger partial charge in [0.15, 0.2) is 0 Å². The Morgan fingerprint density at radius 3 is 2.78 bits per heavy atom. The van der Waals surface area contributed by atoms with E-state index in [1.807, 2.05) is 44.4 Å². The Kier molecular flexibility index (Phi) is 5.07. The Balaban J connectivity index is 1.35. The van der Waals surface area contributed by atoms with E-state index >= 15 is 0 Å². The van der Waals surface area contributed by atoms with Gasteiger partial charge >= 0.3 is 0 Å². The van der Waals surface area contributed by atoms with Gasteiger partial charge in [-0.05, 0) is 31.4 Å². The molecule has 5 rings (SSSR count). The Morgan fingerprint density at radius 2 is 2.00 bits per heavy atom. The number of nitrogens with zero attached hydrogens (tertiary/aromatic N) is 4. The molecule has 3 aromatic rings. The fourth-order valence-electron chi connectivity index (χ4n) is 4.57. The van der Waals surface area contributed by atoms with Crippen LogP contribution in [0.5, 0.6) is 0 Å². The summed E-state index contributed by atoms with van der Waals surface area (Å²) in [6, 6.07) is 9.62. The Hall–Kier alpha value is -3.42. The summed E-state index contributed by atoms with van der Waals surface area (Å²) in [5, 5.41) is 8.56. The zero-order chi connectivity index (χ0) is 22.4. The normalized spacial score (nSPS) is 17.9. The zero-order valence-corrected chi connectivity index (χ0v) is 18.4. The number of carbonyl (C=O) groups excluding carboxylic acids is 2. The molecule has 8 heteroatoms. The second kappa shape index (κ2) is 7.93. The molecule has 1 saturated carbocycles. The quantitative estimate of drug-likeness (QED) is 0.665. The largest absolute Gasteiger partial charge is 0.353 e. The number of benzene rings is 1. The minimum absolute atomic E-state index is 0.0642. The van der Waals surface area contributed by atoms with Crippen LogP contribution in [0.15, 0.2) is 41.3 Å². The molecule has 1 N–H and O–H groups in total. The van der Waals surface area contributed by atoms with E-state index in [4.69, 9.17) is 0 Å². The summed E-state index contributed by atoms with van der Waals surface area (Å²) < 4.78 is 3.37. The number of hydrogen-bond donors (Lipinski definition) is 1. The van der Waals surface area contributed by atoms with Crippen molar-refractivity contribution in [3.8, 4) is 0 Å². The van der Waals surface area contributed by atoms with Crippen molar-refractivity contribution in [1.82, 2.24) is 24.6 Å². The van der Waals surface area contributed by atoms with Crippen LogP contribution in [0.3, 0.4) is 0 Å². The third kappa shape index (κ3) is 3.81. The molecule has 2 amide bonds. The first-order valence-electron chi connectivity index (χ1n) is 11.1. The second-order valence-corrected chi connectivity index (χ2v) is 8.91. The summed E-state index contributed by atoms with van der Waals surface area (Å²) in [4.78, 5) is 40.4. The summed E-state index contributed by atoms with van der Waals surface area (Å²) >= 11 is 0. The maximum atomic E-state index is 13.2. The Labute approximate surface area is 185 Å². The minimum Gasteiger partial charge on any atom is -0.353 e. The number of aryl methyl sites for hydroxylation is 3. The van der Waals surface area contributed by atoms with E-state index < -0.39 is 5.92 Å². The van der Waals surface area contributed by atoms with Gasteiger partial charge in [-0.1, -0.05) is 18.2 Å². The number of fused-ring (bicyclic) bond motifs is 2. The van der Waals surface area contributed by atoms with Crippen molar-refractivity contribution in [3.05, 3.63) is 63.7 Å². The number of para-hydroxylation sites is 1. The second-order valence-electron chi connectivity index (χ2n) is 8.91. The Bertz CT molecular complexity index is 1270. The number of carbonyl (C=O) groups is 2. The van der Waals surface area contributed by atoms with E-state index in [9.17, 15) is 14.4 Å². The van der Waals surface area contributed by atoms with Crippen LogP contribution in [0.25, 0.3) is 10.9 Å². The molecule has 1 aliphatic carbocycles. The van der Waals surface area contributed by atoms with Crippen LogP contribution in [0.4, 0.5) is 0 Å². The summed E-state index contributed by atoms with van der Waals surface area (Å²) in [5.74, 6) is -0.599. The molecule has 1 aromatic carbocycles. The van der Waals surface area contributed by atoms with Gasteiger partial charge in [0.05, 0.1) is 17.1 Å². The van der Waals surface area contributed by atoms with Gasteiger partial charge < -0.3 is 14.8 Å². The van der Waals surface area contributed by atoms with Crippen molar-refractivity contribution in [2.24, 2.45) is 7.05 Å². The first-order valence-corrected chi connectivity index (χ1v) is 11.1. The molecule has 8 nitrogen and oxygen atoms in total. The molecular formula is C24H27N5O3. The maximum Gasteiger partial charge on any atom is 0.251 e. The molecule has 1 fully saturated rings. The number of nitrogens with one attached hydrogen (secondary N) is 1. The molecule has 0 radical (unpaired) electrons. The molecule has 2 aromatic heterocycles. The molecule has 0 spiro atoms. The third-order valence-corrected chi connectivity index (χ3v) is 6.40. The lowest BCUT2D eigenvalue weighted by Crippen LogP contribution is -2.44.